The van der Waals surface area contributed by atoms with E-state index >= 15 is 0 Å². The van der Waals surface area contributed by atoms with Gasteiger partial charge in [0.2, 0.25) is 10.0 Å². The molecule has 5 nitrogen and oxygen atoms in total. The molecule has 0 heterocycles. The van der Waals surface area contributed by atoms with Crippen molar-refractivity contribution in [2.45, 2.75) is 24.3 Å². The Hall–Kier alpha value is -1.11. The highest BCUT2D eigenvalue weighted by Gasteiger charge is 2.22. The van der Waals surface area contributed by atoms with Gasteiger partial charge in [-0.25, -0.2) is 12.7 Å². The molecule has 1 atom stereocenters. The van der Waals surface area contributed by atoms with Crippen LogP contribution in [0.15, 0.2) is 29.2 Å². The third kappa shape index (κ3) is 3.92. The summed E-state index contributed by atoms with van der Waals surface area (Å²) < 4.78 is 25.7. The van der Waals surface area contributed by atoms with Gasteiger partial charge in [0.25, 0.3) is 0 Å². The Balaban J connectivity index is 3.09. The van der Waals surface area contributed by atoms with Crippen LogP contribution in [0, 0.1) is 0 Å². The van der Waals surface area contributed by atoms with E-state index in [0.29, 0.717) is 18.7 Å². The molecule has 108 valence electrons. The van der Waals surface area contributed by atoms with Crippen LogP contribution in [0.1, 0.15) is 13.3 Å². The lowest BCUT2D eigenvalue weighted by Gasteiger charge is -2.24. The molecule has 0 aliphatic rings. The van der Waals surface area contributed by atoms with E-state index in [1.165, 1.54) is 18.4 Å². The Morgan fingerprint density at radius 2 is 1.79 bits per heavy atom. The van der Waals surface area contributed by atoms with Crippen molar-refractivity contribution in [3.63, 3.8) is 0 Å². The van der Waals surface area contributed by atoms with Gasteiger partial charge in [0.15, 0.2) is 0 Å². The first-order chi connectivity index (χ1) is 8.76. The Kier molecular flexibility index (Phi) is 5.34. The van der Waals surface area contributed by atoms with Gasteiger partial charge in [-0.3, -0.25) is 0 Å². The van der Waals surface area contributed by atoms with Crippen LogP contribution in [0.2, 0.25) is 0 Å². The van der Waals surface area contributed by atoms with Gasteiger partial charge in [0.1, 0.15) is 4.90 Å². The molecule has 0 aliphatic carbocycles. The van der Waals surface area contributed by atoms with Crippen LogP contribution in [-0.4, -0.2) is 51.6 Å². The first-order valence-electron chi connectivity index (χ1n) is 6.17. The number of aliphatic hydroxyl groups excluding tert-OH is 1. The largest absolute Gasteiger partial charge is 0.393 e. The summed E-state index contributed by atoms with van der Waals surface area (Å²) >= 11 is 0. The quantitative estimate of drug-likeness (QED) is 0.852. The van der Waals surface area contributed by atoms with Gasteiger partial charge in [0.05, 0.1) is 11.8 Å². The summed E-state index contributed by atoms with van der Waals surface area (Å²) in [4.78, 5) is 2.14. The van der Waals surface area contributed by atoms with Crippen LogP contribution in [0.3, 0.4) is 0 Å². The van der Waals surface area contributed by atoms with E-state index in [-0.39, 0.29) is 4.90 Å². The van der Waals surface area contributed by atoms with Crippen LogP contribution in [0.5, 0.6) is 0 Å². The van der Waals surface area contributed by atoms with Crippen molar-refractivity contribution < 1.29 is 13.5 Å². The second kappa shape index (κ2) is 6.36. The Morgan fingerprint density at radius 1 is 1.21 bits per heavy atom. The number of benzene rings is 1. The van der Waals surface area contributed by atoms with Crippen molar-refractivity contribution >= 4 is 15.7 Å². The minimum absolute atomic E-state index is 0.285. The number of para-hydroxylation sites is 1. The highest BCUT2D eigenvalue weighted by atomic mass is 32.2. The number of rotatable bonds is 6. The lowest BCUT2D eigenvalue weighted by atomic mass is 10.2. The van der Waals surface area contributed by atoms with Crippen LogP contribution in [-0.2, 0) is 10.0 Å². The van der Waals surface area contributed by atoms with Crippen molar-refractivity contribution in [1.29, 1.82) is 0 Å². The normalized spacial score (nSPS) is 13.6. The zero-order chi connectivity index (χ0) is 14.6. The highest BCUT2D eigenvalue weighted by Crippen LogP contribution is 2.26. The molecule has 0 fully saturated rings. The molecule has 0 aromatic heterocycles. The fourth-order valence-electron chi connectivity index (χ4n) is 1.69. The summed E-state index contributed by atoms with van der Waals surface area (Å²) in [6, 6.07) is 6.90. The predicted molar refractivity (Wildman–Crippen MR) is 76.9 cm³/mol. The van der Waals surface area contributed by atoms with Gasteiger partial charge in [-0.05, 0) is 25.5 Å². The molecule has 1 aromatic rings. The number of nitrogens with zero attached hydrogens (tertiary/aromatic N) is 2. The number of anilines is 1. The smallest absolute Gasteiger partial charge is 0.244 e. The summed E-state index contributed by atoms with van der Waals surface area (Å²) in [5, 5.41) is 9.31. The van der Waals surface area contributed by atoms with Crippen molar-refractivity contribution in [2.24, 2.45) is 0 Å². The summed E-state index contributed by atoms with van der Waals surface area (Å²) in [6.45, 7) is 2.31. The van der Waals surface area contributed by atoms with Crippen LogP contribution < -0.4 is 4.90 Å². The second-order valence-corrected chi connectivity index (χ2v) is 6.93. The fraction of sp³-hybridized carbons (Fsp3) is 0.538. The van der Waals surface area contributed by atoms with E-state index in [1.54, 1.807) is 25.1 Å². The van der Waals surface area contributed by atoms with E-state index < -0.39 is 16.1 Å². The maximum Gasteiger partial charge on any atom is 0.244 e. The first kappa shape index (κ1) is 15.9. The van der Waals surface area contributed by atoms with E-state index in [9.17, 15) is 13.5 Å². The third-order valence-electron chi connectivity index (χ3n) is 2.92. The lowest BCUT2D eigenvalue weighted by Crippen LogP contribution is -2.27. The number of hydrogen-bond acceptors (Lipinski definition) is 4. The maximum absolute atomic E-state index is 12.2. The van der Waals surface area contributed by atoms with E-state index in [1.807, 2.05) is 18.0 Å². The average Bonchev–Trinajstić information content (AvgIpc) is 2.35. The number of sulfonamides is 1. The van der Waals surface area contributed by atoms with E-state index in [4.69, 9.17) is 0 Å². The van der Waals surface area contributed by atoms with Gasteiger partial charge in [-0.2, -0.15) is 0 Å². The molecule has 1 N–H and O–H groups in total. The second-order valence-electron chi connectivity index (χ2n) is 4.81. The highest BCUT2D eigenvalue weighted by molar-refractivity contribution is 7.89. The minimum atomic E-state index is -3.46. The SMILES string of the molecule is CC(O)CCN(C)c1ccccc1S(=O)(=O)N(C)C. The molecule has 0 saturated carbocycles. The molecule has 1 unspecified atom stereocenters. The van der Waals surface area contributed by atoms with Gasteiger partial charge in [-0.1, -0.05) is 12.1 Å². The molecular weight excluding hydrogens is 264 g/mol. The molecule has 19 heavy (non-hydrogen) atoms. The topological polar surface area (TPSA) is 60.9 Å². The Labute approximate surface area is 115 Å². The zero-order valence-corrected chi connectivity index (χ0v) is 12.7. The zero-order valence-electron chi connectivity index (χ0n) is 11.9. The Bertz CT molecular complexity index is 512. The predicted octanol–water partition coefficient (Wildman–Crippen LogP) is 1.14. The van der Waals surface area contributed by atoms with E-state index in [2.05, 4.69) is 0 Å². The first-order valence-corrected chi connectivity index (χ1v) is 7.61. The third-order valence-corrected chi connectivity index (χ3v) is 4.78. The van der Waals surface area contributed by atoms with Crippen molar-refractivity contribution in [3.8, 4) is 0 Å². The fourth-order valence-corrected chi connectivity index (χ4v) is 2.82. The molecule has 6 heteroatoms. The van der Waals surface area contributed by atoms with Gasteiger partial charge in [0, 0.05) is 27.7 Å². The van der Waals surface area contributed by atoms with Gasteiger partial charge in [-0.15, -0.1) is 0 Å². The molecule has 0 aliphatic heterocycles. The van der Waals surface area contributed by atoms with Gasteiger partial charge < -0.3 is 10.0 Å². The average molecular weight is 286 g/mol. The minimum Gasteiger partial charge on any atom is -0.393 e. The van der Waals surface area contributed by atoms with Crippen LogP contribution >= 0.6 is 0 Å². The summed E-state index contributed by atoms with van der Waals surface area (Å²) in [7, 11) is 1.40. The molecule has 0 bridgehead atoms. The monoisotopic (exact) mass is 286 g/mol. The number of aliphatic hydroxyl groups is 1. The molecular formula is C13H22N2O3S. The van der Waals surface area contributed by atoms with Gasteiger partial charge >= 0.3 is 0 Å². The summed E-state index contributed by atoms with van der Waals surface area (Å²) in [5.41, 5.74) is 0.650. The van der Waals surface area contributed by atoms with Crippen molar-refractivity contribution in [3.05, 3.63) is 24.3 Å². The lowest BCUT2D eigenvalue weighted by molar-refractivity contribution is 0.187. The van der Waals surface area contributed by atoms with Crippen LogP contribution in [0.25, 0.3) is 0 Å². The molecule has 1 aromatic carbocycles. The maximum atomic E-state index is 12.2. The molecule has 0 radical (unpaired) electrons. The van der Waals surface area contributed by atoms with Crippen molar-refractivity contribution in [1.82, 2.24) is 4.31 Å². The van der Waals surface area contributed by atoms with E-state index in [0.717, 1.165) is 0 Å². The molecule has 0 amide bonds. The van der Waals surface area contributed by atoms with Crippen LogP contribution in [0.4, 0.5) is 5.69 Å². The standard InChI is InChI=1S/C13H22N2O3S/c1-11(16)9-10-15(4)12-7-5-6-8-13(12)19(17,18)14(2)3/h5-8,11,16H,9-10H2,1-4H3. The summed E-state index contributed by atoms with van der Waals surface area (Å²) in [5.74, 6) is 0. The number of hydrogen-bond donors (Lipinski definition) is 1. The Morgan fingerprint density at radius 3 is 2.32 bits per heavy atom. The van der Waals surface area contributed by atoms with Crippen molar-refractivity contribution in [2.75, 3.05) is 32.6 Å². The molecule has 0 saturated heterocycles. The molecule has 1 rings (SSSR count). The molecule has 0 spiro atoms. The summed E-state index contributed by atoms with van der Waals surface area (Å²) in [6.07, 6.45) is 0.187.